The van der Waals surface area contributed by atoms with E-state index in [1.807, 2.05) is 20.8 Å². The van der Waals surface area contributed by atoms with E-state index in [-0.39, 0.29) is 17.8 Å². The Bertz CT molecular complexity index is 341. The molecule has 4 nitrogen and oxygen atoms in total. The van der Waals surface area contributed by atoms with E-state index in [0.717, 1.165) is 0 Å². The Morgan fingerprint density at radius 3 is 2.38 bits per heavy atom. The molecule has 1 heterocycles. The molecule has 0 fully saturated rings. The van der Waals surface area contributed by atoms with E-state index in [1.54, 1.807) is 6.07 Å². The lowest BCUT2D eigenvalue weighted by Gasteiger charge is -2.16. The Morgan fingerprint density at radius 1 is 1.46 bits per heavy atom. The maximum absolute atomic E-state index is 10.9. The van der Waals surface area contributed by atoms with Crippen LogP contribution in [0.5, 0.6) is 0 Å². The van der Waals surface area contributed by atoms with Crippen molar-refractivity contribution in [3.63, 3.8) is 0 Å². The van der Waals surface area contributed by atoms with Crippen LogP contribution in [0.2, 0.25) is 0 Å². The van der Waals surface area contributed by atoms with E-state index in [0.29, 0.717) is 10.4 Å². The zero-order valence-corrected chi connectivity index (χ0v) is 8.63. The summed E-state index contributed by atoms with van der Waals surface area (Å²) >= 11 is 0. The van der Waals surface area contributed by atoms with Crippen LogP contribution in [0.1, 0.15) is 26.5 Å². The quantitative estimate of drug-likeness (QED) is 0.647. The second-order valence-electron chi connectivity index (χ2n) is 3.69. The van der Waals surface area contributed by atoms with E-state index in [1.165, 1.54) is 6.20 Å². The summed E-state index contributed by atoms with van der Waals surface area (Å²) in [6.45, 7) is 5.86. The van der Waals surface area contributed by atoms with Gasteiger partial charge in [0, 0.05) is 5.41 Å². The molecule has 0 aliphatic heterocycles. The Morgan fingerprint density at radius 2 is 2.00 bits per heavy atom. The van der Waals surface area contributed by atoms with Gasteiger partial charge in [-0.2, -0.15) is 4.98 Å². The summed E-state index contributed by atoms with van der Waals surface area (Å²) < 4.78 is 0.467. The molecule has 1 rings (SSSR count). The lowest BCUT2D eigenvalue weighted by atomic mass is 9.92. The van der Waals surface area contributed by atoms with Gasteiger partial charge in [-0.05, 0) is 6.07 Å². The highest BCUT2D eigenvalue weighted by Gasteiger charge is 2.15. The van der Waals surface area contributed by atoms with Gasteiger partial charge < -0.3 is 5.21 Å². The molecule has 1 N–H and O–H groups in total. The Balaban J connectivity index is 0.00000144. The fraction of sp³-hybridized carbons (Fsp3) is 0.500. The lowest BCUT2D eigenvalue weighted by molar-refractivity contribution is 0.169. The topological polar surface area (TPSA) is 55.1 Å². The van der Waals surface area contributed by atoms with Crippen molar-refractivity contribution in [2.75, 3.05) is 0 Å². The van der Waals surface area contributed by atoms with Crippen LogP contribution < -0.4 is 5.69 Å². The van der Waals surface area contributed by atoms with Gasteiger partial charge in [-0.1, -0.05) is 20.8 Å². The lowest BCUT2D eigenvalue weighted by Crippen LogP contribution is -2.25. The molecular formula is C8H13ClN2O2. The first-order chi connectivity index (χ1) is 5.41. The molecule has 74 valence electrons. The van der Waals surface area contributed by atoms with Crippen molar-refractivity contribution in [1.82, 2.24) is 9.71 Å². The molecule has 1 aromatic rings. The maximum Gasteiger partial charge on any atom is 0.380 e. The molecule has 13 heavy (non-hydrogen) atoms. The molecule has 0 amide bonds. The second-order valence-corrected chi connectivity index (χ2v) is 3.69. The standard InChI is InChI=1S/C8H12N2O2.ClH/c1-8(2,3)6-4-5-10(12)7(11)9-6;/h4-5,12H,1-3H3;1H. The SMILES string of the molecule is CC(C)(C)c1ccn(O)c(=O)n1.Cl. The highest BCUT2D eigenvalue weighted by atomic mass is 35.5. The third-order valence-corrected chi connectivity index (χ3v) is 1.55. The van der Waals surface area contributed by atoms with Crippen molar-refractivity contribution >= 4 is 12.4 Å². The number of halogens is 1. The van der Waals surface area contributed by atoms with Crippen LogP contribution in [0.3, 0.4) is 0 Å². The van der Waals surface area contributed by atoms with E-state index in [4.69, 9.17) is 5.21 Å². The van der Waals surface area contributed by atoms with E-state index >= 15 is 0 Å². The van der Waals surface area contributed by atoms with Gasteiger partial charge in [0.15, 0.2) is 0 Å². The van der Waals surface area contributed by atoms with Gasteiger partial charge in [0.25, 0.3) is 0 Å². The summed E-state index contributed by atoms with van der Waals surface area (Å²) in [6, 6.07) is 1.63. The summed E-state index contributed by atoms with van der Waals surface area (Å²) in [4.78, 5) is 14.6. The molecule has 0 bridgehead atoms. The number of hydrogen-bond donors (Lipinski definition) is 1. The van der Waals surface area contributed by atoms with Gasteiger partial charge >= 0.3 is 5.69 Å². The molecular weight excluding hydrogens is 192 g/mol. The van der Waals surface area contributed by atoms with Crippen molar-refractivity contribution in [1.29, 1.82) is 0 Å². The Labute approximate surface area is 82.6 Å². The van der Waals surface area contributed by atoms with Crippen LogP contribution in [-0.2, 0) is 5.41 Å². The number of aromatic nitrogens is 2. The van der Waals surface area contributed by atoms with Gasteiger partial charge in [0.05, 0.1) is 11.9 Å². The summed E-state index contributed by atoms with van der Waals surface area (Å²) in [6.07, 6.45) is 1.30. The van der Waals surface area contributed by atoms with E-state index in [2.05, 4.69) is 4.98 Å². The highest BCUT2D eigenvalue weighted by molar-refractivity contribution is 5.85. The third-order valence-electron chi connectivity index (χ3n) is 1.55. The number of rotatable bonds is 0. The van der Waals surface area contributed by atoms with Gasteiger partial charge in [-0.15, -0.1) is 17.1 Å². The summed E-state index contributed by atoms with van der Waals surface area (Å²) in [5, 5.41) is 8.85. The van der Waals surface area contributed by atoms with Crippen molar-refractivity contribution in [2.24, 2.45) is 0 Å². The van der Waals surface area contributed by atoms with Crippen molar-refractivity contribution in [2.45, 2.75) is 26.2 Å². The van der Waals surface area contributed by atoms with E-state index in [9.17, 15) is 4.79 Å². The minimum atomic E-state index is -0.637. The first kappa shape index (κ1) is 12.0. The second kappa shape index (κ2) is 3.79. The van der Waals surface area contributed by atoms with Crippen molar-refractivity contribution in [3.05, 3.63) is 28.4 Å². The summed E-state index contributed by atoms with van der Waals surface area (Å²) in [7, 11) is 0. The predicted molar refractivity (Wildman–Crippen MR) is 51.6 cm³/mol. The van der Waals surface area contributed by atoms with Crippen LogP contribution in [0.15, 0.2) is 17.1 Å². The van der Waals surface area contributed by atoms with Crippen LogP contribution in [0.4, 0.5) is 0 Å². The summed E-state index contributed by atoms with van der Waals surface area (Å²) in [5.74, 6) is 0. The smallest absolute Gasteiger partial charge is 0.380 e. The van der Waals surface area contributed by atoms with Crippen LogP contribution in [0, 0.1) is 0 Å². The monoisotopic (exact) mass is 204 g/mol. The molecule has 0 saturated carbocycles. The van der Waals surface area contributed by atoms with Crippen molar-refractivity contribution in [3.8, 4) is 0 Å². The molecule has 0 aliphatic rings. The van der Waals surface area contributed by atoms with Gasteiger partial charge in [-0.25, -0.2) is 4.79 Å². The minimum Gasteiger partial charge on any atom is -0.424 e. The fourth-order valence-corrected chi connectivity index (χ4v) is 0.814. The molecule has 0 saturated heterocycles. The fourth-order valence-electron chi connectivity index (χ4n) is 0.814. The molecule has 0 spiro atoms. The summed E-state index contributed by atoms with van der Waals surface area (Å²) in [5.41, 5.74) is -0.117. The molecule has 5 heteroatoms. The van der Waals surface area contributed by atoms with Crippen LogP contribution in [-0.4, -0.2) is 14.9 Å². The highest BCUT2D eigenvalue weighted by Crippen LogP contribution is 2.17. The average Bonchev–Trinajstić information content (AvgIpc) is 1.92. The van der Waals surface area contributed by atoms with Gasteiger partial charge in [0.2, 0.25) is 0 Å². The molecule has 0 atom stereocenters. The normalized spacial score (nSPS) is 10.7. The first-order valence-corrected chi connectivity index (χ1v) is 3.71. The Hall–Kier alpha value is -1.03. The van der Waals surface area contributed by atoms with Crippen molar-refractivity contribution < 1.29 is 5.21 Å². The minimum absolute atomic E-state index is 0. The van der Waals surface area contributed by atoms with Crippen LogP contribution in [0.25, 0.3) is 0 Å². The molecule has 0 aromatic carbocycles. The molecule has 0 radical (unpaired) electrons. The van der Waals surface area contributed by atoms with Gasteiger partial charge in [-0.3, -0.25) is 0 Å². The number of hydrogen-bond acceptors (Lipinski definition) is 3. The maximum atomic E-state index is 10.9. The predicted octanol–water partition coefficient (Wildman–Crippen LogP) is 1.20. The number of nitrogens with zero attached hydrogens (tertiary/aromatic N) is 2. The largest absolute Gasteiger partial charge is 0.424 e. The molecule has 0 aliphatic carbocycles. The van der Waals surface area contributed by atoms with Gasteiger partial charge in [0.1, 0.15) is 0 Å². The molecule has 1 aromatic heterocycles. The average molecular weight is 205 g/mol. The van der Waals surface area contributed by atoms with Crippen LogP contribution >= 0.6 is 12.4 Å². The van der Waals surface area contributed by atoms with E-state index < -0.39 is 5.69 Å². The zero-order valence-electron chi connectivity index (χ0n) is 7.81. The zero-order chi connectivity index (χ0) is 9.35. The molecule has 0 unspecified atom stereocenters. The Kier molecular flexibility index (Phi) is 3.49. The third kappa shape index (κ3) is 2.73. The first-order valence-electron chi connectivity index (χ1n) is 3.71.